The highest BCUT2D eigenvalue weighted by Crippen LogP contribution is 2.20. The lowest BCUT2D eigenvalue weighted by Gasteiger charge is -2.11. The minimum atomic E-state index is -0.685. The van der Waals surface area contributed by atoms with Crippen molar-refractivity contribution in [2.24, 2.45) is 0 Å². The second-order valence-corrected chi connectivity index (χ2v) is 9.52. The Morgan fingerprint density at radius 2 is 1.70 bits per heavy atom. The maximum absolute atomic E-state index is 12.4. The number of nitrogens with zero attached hydrogens (tertiary/aromatic N) is 2. The number of hydrogen-bond acceptors (Lipinski definition) is 8. The molecule has 0 bridgehead atoms. The lowest BCUT2D eigenvalue weighted by molar-refractivity contribution is -0.138. The fraction of sp³-hybridized carbons (Fsp3) is 0.355. The Kier molecular flexibility index (Phi) is 11.3. The predicted octanol–water partition coefficient (Wildman–Crippen LogP) is 5.09. The first-order valence-electron chi connectivity index (χ1n) is 13.3. The molecule has 0 radical (unpaired) electrons. The van der Waals surface area contributed by atoms with E-state index < -0.39 is 17.5 Å². The number of fused-ring (bicyclic) bond motifs is 1. The number of nitriles is 1. The second kappa shape index (κ2) is 15.1. The standard InChI is InChI=1S/C31H35N3O6/c1-34(2)25-13-10-22(11-14-25)18-24(21-32)30(36)39-17-9-7-5-4-6-8-16-33-29(35)27-19-23-12-15-26(38-3)20-28(23)40-31(27)37/h10-15,18-20H,4-9,16-17H2,1-3H3,(H,33,35)/b24-18+. The Morgan fingerprint density at radius 3 is 2.38 bits per heavy atom. The molecule has 1 N–H and O–H groups in total. The van der Waals surface area contributed by atoms with Crippen molar-refractivity contribution in [2.75, 3.05) is 39.3 Å². The minimum absolute atomic E-state index is 0.0242. The van der Waals surface area contributed by atoms with Gasteiger partial charge >= 0.3 is 11.6 Å². The summed E-state index contributed by atoms with van der Waals surface area (Å²) in [5.74, 6) is -0.503. The van der Waals surface area contributed by atoms with Crippen LogP contribution in [0.1, 0.15) is 54.4 Å². The summed E-state index contributed by atoms with van der Waals surface area (Å²) >= 11 is 0. The monoisotopic (exact) mass is 545 g/mol. The van der Waals surface area contributed by atoms with Crippen LogP contribution < -0.4 is 20.6 Å². The molecule has 1 amide bonds. The van der Waals surface area contributed by atoms with E-state index >= 15 is 0 Å². The summed E-state index contributed by atoms with van der Waals surface area (Å²) in [5.41, 5.74) is 1.42. The van der Waals surface area contributed by atoms with Crippen LogP contribution in [0.3, 0.4) is 0 Å². The fourth-order valence-corrected chi connectivity index (χ4v) is 4.02. The molecule has 210 valence electrons. The molecule has 9 nitrogen and oxygen atoms in total. The second-order valence-electron chi connectivity index (χ2n) is 9.52. The van der Waals surface area contributed by atoms with Gasteiger partial charge in [0.05, 0.1) is 13.7 Å². The molecule has 9 heteroatoms. The van der Waals surface area contributed by atoms with E-state index in [9.17, 15) is 19.6 Å². The van der Waals surface area contributed by atoms with Crippen LogP contribution in [0, 0.1) is 11.3 Å². The zero-order valence-corrected chi connectivity index (χ0v) is 23.2. The van der Waals surface area contributed by atoms with Crippen LogP contribution in [0.25, 0.3) is 17.0 Å². The van der Waals surface area contributed by atoms with Gasteiger partial charge in [-0.25, -0.2) is 9.59 Å². The Balaban J connectivity index is 1.29. The van der Waals surface area contributed by atoms with E-state index in [-0.39, 0.29) is 17.7 Å². The maximum atomic E-state index is 12.4. The van der Waals surface area contributed by atoms with Crippen molar-refractivity contribution in [1.29, 1.82) is 5.26 Å². The topological polar surface area (TPSA) is 122 Å². The van der Waals surface area contributed by atoms with Crippen LogP contribution in [-0.2, 0) is 9.53 Å². The third-order valence-electron chi connectivity index (χ3n) is 6.34. The number of unbranched alkanes of at least 4 members (excludes halogenated alkanes) is 5. The average molecular weight is 546 g/mol. The molecule has 3 rings (SSSR count). The Morgan fingerprint density at radius 1 is 1.00 bits per heavy atom. The lowest BCUT2D eigenvalue weighted by Crippen LogP contribution is -2.29. The van der Waals surface area contributed by atoms with Gasteiger partial charge in [-0.1, -0.05) is 37.8 Å². The SMILES string of the molecule is COc1ccc2cc(C(=O)NCCCCCCCCOC(=O)/C(C#N)=C/c3ccc(N(C)C)cc3)c(=O)oc2c1. The molecule has 2 aromatic carbocycles. The van der Waals surface area contributed by atoms with E-state index in [0.29, 0.717) is 29.7 Å². The van der Waals surface area contributed by atoms with Gasteiger partial charge in [0.1, 0.15) is 28.5 Å². The molecule has 0 fully saturated rings. The predicted molar refractivity (Wildman–Crippen MR) is 154 cm³/mol. The Bertz CT molecular complexity index is 1430. The van der Waals surface area contributed by atoms with Crippen molar-refractivity contribution < 1.29 is 23.5 Å². The number of hydrogen-bond donors (Lipinski definition) is 1. The highest BCUT2D eigenvalue weighted by molar-refractivity contribution is 5.98. The van der Waals surface area contributed by atoms with Gasteiger partial charge in [0.25, 0.3) is 5.91 Å². The van der Waals surface area contributed by atoms with Gasteiger partial charge in [0.2, 0.25) is 0 Å². The molecule has 1 heterocycles. The van der Waals surface area contributed by atoms with E-state index in [4.69, 9.17) is 13.9 Å². The average Bonchev–Trinajstić information content (AvgIpc) is 2.96. The molecule has 3 aromatic rings. The molecular weight excluding hydrogens is 510 g/mol. The summed E-state index contributed by atoms with van der Waals surface area (Å²) in [7, 11) is 5.41. The molecule has 0 aliphatic heterocycles. The highest BCUT2D eigenvalue weighted by Gasteiger charge is 2.14. The normalized spacial score (nSPS) is 11.1. The van der Waals surface area contributed by atoms with Crippen LogP contribution >= 0.6 is 0 Å². The van der Waals surface area contributed by atoms with Gasteiger partial charge in [-0.05, 0) is 54.8 Å². The first-order chi connectivity index (χ1) is 19.3. The molecule has 0 saturated heterocycles. The summed E-state index contributed by atoms with van der Waals surface area (Å²) in [4.78, 5) is 38.9. The van der Waals surface area contributed by atoms with Crippen LogP contribution in [0.4, 0.5) is 5.69 Å². The van der Waals surface area contributed by atoms with E-state index in [1.807, 2.05) is 49.3 Å². The number of anilines is 1. The Hall–Kier alpha value is -4.58. The first-order valence-corrected chi connectivity index (χ1v) is 13.3. The number of nitrogens with one attached hydrogen (secondary N) is 1. The van der Waals surface area contributed by atoms with E-state index in [1.165, 1.54) is 19.3 Å². The van der Waals surface area contributed by atoms with Gasteiger partial charge in [0, 0.05) is 37.8 Å². The summed E-state index contributed by atoms with van der Waals surface area (Å²) in [6.07, 6.45) is 6.76. The number of rotatable bonds is 14. The Labute approximate surface area is 234 Å². The molecule has 40 heavy (non-hydrogen) atoms. The number of methoxy groups -OCH3 is 1. The van der Waals surface area contributed by atoms with Gasteiger partial charge in [0.15, 0.2) is 0 Å². The van der Waals surface area contributed by atoms with Crippen LogP contribution in [0.2, 0.25) is 0 Å². The summed E-state index contributed by atoms with van der Waals surface area (Å²) in [6, 6.07) is 16.1. The highest BCUT2D eigenvalue weighted by atomic mass is 16.5. The zero-order chi connectivity index (χ0) is 28.9. The lowest BCUT2D eigenvalue weighted by atomic mass is 10.1. The van der Waals surface area contributed by atoms with E-state index in [1.54, 1.807) is 18.2 Å². The minimum Gasteiger partial charge on any atom is -0.497 e. The quantitative estimate of drug-likeness (QED) is 0.0978. The fourth-order valence-electron chi connectivity index (χ4n) is 4.02. The van der Waals surface area contributed by atoms with E-state index in [0.717, 1.165) is 43.4 Å². The molecule has 0 saturated carbocycles. The van der Waals surface area contributed by atoms with Crippen molar-refractivity contribution in [3.63, 3.8) is 0 Å². The van der Waals surface area contributed by atoms with Gasteiger partial charge in [-0.2, -0.15) is 5.26 Å². The zero-order valence-electron chi connectivity index (χ0n) is 23.2. The van der Waals surface area contributed by atoms with Crippen molar-refractivity contribution in [1.82, 2.24) is 5.32 Å². The third-order valence-corrected chi connectivity index (χ3v) is 6.34. The van der Waals surface area contributed by atoms with Gasteiger partial charge in [-0.15, -0.1) is 0 Å². The number of carbonyl (C=O) groups excluding carboxylic acids is 2. The number of carbonyl (C=O) groups is 2. The third kappa shape index (κ3) is 8.73. The van der Waals surface area contributed by atoms with Crippen molar-refractivity contribution in [3.8, 4) is 11.8 Å². The number of benzene rings is 2. The van der Waals surface area contributed by atoms with Crippen LogP contribution in [0.15, 0.2) is 63.3 Å². The van der Waals surface area contributed by atoms with E-state index in [2.05, 4.69) is 5.32 Å². The molecule has 0 spiro atoms. The number of amides is 1. The van der Waals surface area contributed by atoms with Crippen molar-refractivity contribution in [2.45, 2.75) is 38.5 Å². The smallest absolute Gasteiger partial charge is 0.349 e. The summed E-state index contributed by atoms with van der Waals surface area (Å²) in [5, 5.41) is 12.8. The molecular formula is C31H35N3O6. The molecule has 0 atom stereocenters. The summed E-state index contributed by atoms with van der Waals surface area (Å²) < 4.78 is 15.7. The van der Waals surface area contributed by atoms with Crippen molar-refractivity contribution in [3.05, 3.63) is 75.7 Å². The number of ether oxygens (including phenoxy) is 2. The summed E-state index contributed by atoms with van der Waals surface area (Å²) in [6.45, 7) is 0.715. The largest absolute Gasteiger partial charge is 0.497 e. The van der Waals surface area contributed by atoms with Crippen molar-refractivity contribution >= 4 is 34.6 Å². The van der Waals surface area contributed by atoms with Crippen LogP contribution in [0.5, 0.6) is 5.75 Å². The van der Waals surface area contributed by atoms with Gasteiger partial charge in [-0.3, -0.25) is 4.79 Å². The van der Waals surface area contributed by atoms with Gasteiger partial charge < -0.3 is 24.1 Å². The van der Waals surface area contributed by atoms with Crippen LogP contribution in [-0.4, -0.2) is 46.2 Å². The maximum Gasteiger partial charge on any atom is 0.349 e. The first kappa shape index (κ1) is 30.0. The molecule has 0 aliphatic rings. The molecule has 0 unspecified atom stereocenters. The number of esters is 1. The molecule has 0 aliphatic carbocycles. The molecule has 1 aromatic heterocycles.